The maximum Gasteiger partial charge on any atom is 0.270 e. The quantitative estimate of drug-likeness (QED) is 0.345. The number of anilines is 1. The molecule has 0 N–H and O–H groups in total. The largest absolute Gasteiger partial charge is 0.490 e. The third-order valence-electron chi connectivity index (χ3n) is 3.82. The van der Waals surface area contributed by atoms with E-state index in [0.29, 0.717) is 44.6 Å². The fourth-order valence-corrected chi connectivity index (χ4v) is 4.34. The minimum Gasteiger partial charge on any atom is -0.490 e. The van der Waals surface area contributed by atoms with Gasteiger partial charge in [0, 0.05) is 4.47 Å². The third kappa shape index (κ3) is 4.54. The zero-order valence-electron chi connectivity index (χ0n) is 15.2. The molecule has 1 aliphatic rings. The molecule has 146 valence electrons. The summed E-state index contributed by atoms with van der Waals surface area (Å²) in [7, 11) is 0. The minimum absolute atomic E-state index is 0.180. The SMILES string of the molecule is CCOc1ccc(/C=C2/SC(=S)N(c3ccc(Br)c(Cl)c3)C2=O)cc1OCC. The number of carbonyl (C=O) groups excluding carboxylic acids is 1. The summed E-state index contributed by atoms with van der Waals surface area (Å²) in [5, 5.41) is 0.517. The molecule has 1 aliphatic heterocycles. The molecule has 1 fully saturated rings. The molecule has 1 heterocycles. The van der Waals surface area contributed by atoms with Crippen LogP contribution in [0.2, 0.25) is 5.02 Å². The lowest BCUT2D eigenvalue weighted by atomic mass is 10.1. The molecule has 0 unspecified atom stereocenters. The zero-order chi connectivity index (χ0) is 20.3. The van der Waals surface area contributed by atoms with Gasteiger partial charge in [0.05, 0.1) is 28.8 Å². The van der Waals surface area contributed by atoms with Gasteiger partial charge in [-0.3, -0.25) is 9.69 Å². The molecule has 0 atom stereocenters. The van der Waals surface area contributed by atoms with Gasteiger partial charge in [0.15, 0.2) is 15.8 Å². The number of amides is 1. The van der Waals surface area contributed by atoms with E-state index in [-0.39, 0.29) is 5.91 Å². The monoisotopic (exact) mass is 497 g/mol. The van der Waals surface area contributed by atoms with E-state index in [0.717, 1.165) is 10.0 Å². The van der Waals surface area contributed by atoms with Crippen LogP contribution in [0.4, 0.5) is 5.69 Å². The van der Waals surface area contributed by atoms with Gasteiger partial charge in [-0.1, -0.05) is 41.6 Å². The van der Waals surface area contributed by atoms with Crippen molar-refractivity contribution in [2.24, 2.45) is 0 Å². The van der Waals surface area contributed by atoms with Gasteiger partial charge in [0.2, 0.25) is 0 Å². The van der Waals surface area contributed by atoms with E-state index in [1.54, 1.807) is 24.3 Å². The van der Waals surface area contributed by atoms with E-state index in [1.165, 1.54) is 16.7 Å². The fraction of sp³-hybridized carbons (Fsp3) is 0.200. The Labute approximate surface area is 187 Å². The molecule has 2 aromatic carbocycles. The van der Waals surface area contributed by atoms with E-state index in [9.17, 15) is 4.79 Å². The number of hydrogen-bond donors (Lipinski definition) is 0. The minimum atomic E-state index is -0.180. The van der Waals surface area contributed by atoms with Crippen molar-refractivity contribution in [3.63, 3.8) is 0 Å². The summed E-state index contributed by atoms with van der Waals surface area (Å²) in [6.07, 6.45) is 1.80. The maximum atomic E-state index is 12.9. The Morgan fingerprint density at radius 3 is 2.54 bits per heavy atom. The molecule has 28 heavy (non-hydrogen) atoms. The molecule has 3 rings (SSSR count). The average molecular weight is 499 g/mol. The molecule has 1 saturated heterocycles. The maximum absolute atomic E-state index is 12.9. The van der Waals surface area contributed by atoms with Gasteiger partial charge in [-0.05, 0) is 71.7 Å². The second-order valence-electron chi connectivity index (χ2n) is 5.69. The number of rotatable bonds is 6. The molecule has 4 nitrogen and oxygen atoms in total. The Balaban J connectivity index is 1.91. The van der Waals surface area contributed by atoms with Crippen molar-refractivity contribution in [1.82, 2.24) is 0 Å². The van der Waals surface area contributed by atoms with Crippen LogP contribution in [0.3, 0.4) is 0 Å². The van der Waals surface area contributed by atoms with Gasteiger partial charge in [-0.2, -0.15) is 0 Å². The number of hydrogen-bond acceptors (Lipinski definition) is 5. The first kappa shape index (κ1) is 21.2. The highest BCUT2D eigenvalue weighted by Gasteiger charge is 2.33. The summed E-state index contributed by atoms with van der Waals surface area (Å²) in [4.78, 5) is 15.0. The smallest absolute Gasteiger partial charge is 0.270 e. The highest BCUT2D eigenvalue weighted by atomic mass is 79.9. The molecule has 0 aromatic heterocycles. The van der Waals surface area contributed by atoms with Crippen molar-refractivity contribution in [2.75, 3.05) is 18.1 Å². The predicted octanol–water partition coefficient (Wildman–Crippen LogP) is 6.31. The lowest BCUT2D eigenvalue weighted by Crippen LogP contribution is -2.27. The molecular formula is C20H17BrClNO3S2. The normalized spacial score (nSPS) is 15.4. The molecule has 0 saturated carbocycles. The highest BCUT2D eigenvalue weighted by molar-refractivity contribution is 9.10. The molecule has 0 bridgehead atoms. The first-order valence-corrected chi connectivity index (χ1v) is 11.0. The van der Waals surface area contributed by atoms with E-state index in [4.69, 9.17) is 33.3 Å². The van der Waals surface area contributed by atoms with Crippen molar-refractivity contribution in [1.29, 1.82) is 0 Å². The summed E-state index contributed by atoms with van der Waals surface area (Å²) < 4.78 is 12.5. The van der Waals surface area contributed by atoms with E-state index < -0.39 is 0 Å². The van der Waals surface area contributed by atoms with Crippen LogP contribution < -0.4 is 14.4 Å². The highest BCUT2D eigenvalue weighted by Crippen LogP contribution is 2.38. The summed E-state index contributed by atoms with van der Waals surface area (Å²) in [6, 6.07) is 10.9. The standard InChI is InChI=1S/C20H17BrClNO3S2/c1-3-25-16-8-5-12(9-17(16)26-4-2)10-18-19(24)23(20(27)28-18)13-6-7-14(21)15(22)11-13/h5-11H,3-4H2,1-2H3/b18-10+. The summed E-state index contributed by atoms with van der Waals surface area (Å²) in [5.41, 5.74) is 1.47. The molecule has 8 heteroatoms. The van der Waals surface area contributed by atoms with Crippen LogP contribution in [-0.4, -0.2) is 23.4 Å². The lowest BCUT2D eigenvalue weighted by Gasteiger charge is -2.15. The van der Waals surface area contributed by atoms with Crippen LogP contribution >= 0.6 is 51.5 Å². The van der Waals surface area contributed by atoms with Gasteiger partial charge >= 0.3 is 0 Å². The van der Waals surface area contributed by atoms with Gasteiger partial charge in [0.1, 0.15) is 0 Å². The fourth-order valence-electron chi connectivity index (χ4n) is 2.62. The van der Waals surface area contributed by atoms with Crippen LogP contribution in [0.5, 0.6) is 11.5 Å². The van der Waals surface area contributed by atoms with Crippen LogP contribution in [0.25, 0.3) is 6.08 Å². The van der Waals surface area contributed by atoms with Gasteiger partial charge in [0.25, 0.3) is 5.91 Å². The van der Waals surface area contributed by atoms with Crippen molar-refractivity contribution in [3.05, 3.63) is 56.4 Å². The number of ether oxygens (including phenoxy) is 2. The lowest BCUT2D eigenvalue weighted by molar-refractivity contribution is -0.113. The van der Waals surface area contributed by atoms with Crippen molar-refractivity contribution >= 4 is 73.5 Å². The van der Waals surface area contributed by atoms with Crippen molar-refractivity contribution in [2.45, 2.75) is 13.8 Å². The summed E-state index contributed by atoms with van der Waals surface area (Å²) >= 11 is 16.2. The Hall–Kier alpha value is -1.54. The second kappa shape index (κ2) is 9.31. The van der Waals surface area contributed by atoms with Gasteiger partial charge in [-0.15, -0.1) is 0 Å². The van der Waals surface area contributed by atoms with E-state index in [1.807, 2.05) is 32.0 Å². The van der Waals surface area contributed by atoms with Crippen LogP contribution in [0, 0.1) is 0 Å². The zero-order valence-corrected chi connectivity index (χ0v) is 19.2. The number of benzene rings is 2. The number of thiocarbonyl (C=S) groups is 1. The molecule has 0 spiro atoms. The summed E-state index contributed by atoms with van der Waals surface area (Å²) in [5.74, 6) is 1.15. The molecule has 1 amide bonds. The number of nitrogens with zero attached hydrogens (tertiary/aromatic N) is 1. The first-order chi connectivity index (χ1) is 13.4. The number of carbonyl (C=O) groups is 1. The Kier molecular flexibility index (Phi) is 7.04. The van der Waals surface area contributed by atoms with Crippen LogP contribution in [0.1, 0.15) is 19.4 Å². The Morgan fingerprint density at radius 2 is 1.86 bits per heavy atom. The number of thioether (sulfide) groups is 1. The first-order valence-electron chi connectivity index (χ1n) is 8.57. The van der Waals surface area contributed by atoms with Crippen LogP contribution in [-0.2, 0) is 4.79 Å². The summed E-state index contributed by atoms with van der Waals surface area (Å²) in [6.45, 7) is 4.91. The predicted molar refractivity (Wildman–Crippen MR) is 124 cm³/mol. The topological polar surface area (TPSA) is 38.8 Å². The average Bonchev–Trinajstić information content (AvgIpc) is 2.93. The van der Waals surface area contributed by atoms with Gasteiger partial charge < -0.3 is 9.47 Å². The third-order valence-corrected chi connectivity index (χ3v) is 6.35. The van der Waals surface area contributed by atoms with Crippen LogP contribution in [0.15, 0.2) is 45.8 Å². The molecular weight excluding hydrogens is 482 g/mol. The number of halogens is 2. The Morgan fingerprint density at radius 1 is 1.14 bits per heavy atom. The second-order valence-corrected chi connectivity index (χ2v) is 8.63. The molecule has 0 radical (unpaired) electrons. The van der Waals surface area contributed by atoms with Crippen molar-refractivity contribution < 1.29 is 14.3 Å². The van der Waals surface area contributed by atoms with Gasteiger partial charge in [-0.25, -0.2) is 0 Å². The Bertz CT molecular complexity index is 964. The van der Waals surface area contributed by atoms with E-state index >= 15 is 0 Å². The molecule has 0 aliphatic carbocycles. The van der Waals surface area contributed by atoms with E-state index in [2.05, 4.69) is 15.9 Å². The van der Waals surface area contributed by atoms with Crippen molar-refractivity contribution in [3.8, 4) is 11.5 Å². The molecule has 2 aromatic rings.